The molecule has 0 saturated carbocycles. The van der Waals surface area contributed by atoms with E-state index in [-0.39, 0.29) is 29.9 Å². The molecular formula is C25H29IN4O3. The summed E-state index contributed by atoms with van der Waals surface area (Å²) in [6, 6.07) is 21.6. The summed E-state index contributed by atoms with van der Waals surface area (Å²) in [5, 5.41) is 3.43. The van der Waals surface area contributed by atoms with Crippen LogP contribution in [0.2, 0.25) is 0 Å². The van der Waals surface area contributed by atoms with E-state index in [0.717, 1.165) is 22.8 Å². The minimum absolute atomic E-state index is 0. The number of carbonyl (C=O) groups excluding carboxylic acids is 1. The van der Waals surface area contributed by atoms with E-state index in [1.807, 2.05) is 41.3 Å². The van der Waals surface area contributed by atoms with E-state index in [1.165, 1.54) is 6.26 Å². The van der Waals surface area contributed by atoms with Crippen LogP contribution in [0.25, 0.3) is 0 Å². The summed E-state index contributed by atoms with van der Waals surface area (Å²) in [5.74, 6) is 1.99. The molecule has 1 saturated heterocycles. The van der Waals surface area contributed by atoms with Gasteiger partial charge in [0.15, 0.2) is 11.7 Å². The Bertz CT molecular complexity index is 1030. The monoisotopic (exact) mass is 560 g/mol. The molecule has 0 spiro atoms. The van der Waals surface area contributed by atoms with Crippen molar-refractivity contribution in [2.45, 2.75) is 13.2 Å². The largest absolute Gasteiger partial charge is 0.489 e. The zero-order chi connectivity index (χ0) is 22.2. The molecule has 3 aromatic rings. The summed E-state index contributed by atoms with van der Waals surface area (Å²) >= 11 is 0. The number of guanidine groups is 1. The Hall–Kier alpha value is -3.01. The first-order valence-electron chi connectivity index (χ1n) is 10.8. The average molecular weight is 560 g/mol. The van der Waals surface area contributed by atoms with E-state index >= 15 is 0 Å². The molecule has 0 bridgehead atoms. The van der Waals surface area contributed by atoms with E-state index in [2.05, 4.69) is 33.4 Å². The van der Waals surface area contributed by atoms with Gasteiger partial charge in [0.1, 0.15) is 12.4 Å². The Morgan fingerprint density at radius 3 is 2.39 bits per heavy atom. The molecule has 2 heterocycles. The zero-order valence-corrected chi connectivity index (χ0v) is 21.0. The molecule has 2 aromatic carbocycles. The minimum atomic E-state index is -0.0649. The molecule has 1 aliphatic heterocycles. The number of hydrogen-bond donors (Lipinski definition) is 1. The molecule has 1 amide bonds. The van der Waals surface area contributed by atoms with Crippen molar-refractivity contribution in [2.75, 3.05) is 33.2 Å². The standard InChI is InChI=1S/C25H28N4O3.HI/c1-26-25(29-14-12-28(13-15-29)24(30)23-11-6-16-31-23)27-18-21-9-5-10-22(17-21)32-19-20-7-3-2-4-8-20;/h2-11,16-17H,12-15,18-19H2,1H3,(H,26,27);1H. The topological polar surface area (TPSA) is 70.3 Å². The van der Waals surface area contributed by atoms with Crippen molar-refractivity contribution in [1.82, 2.24) is 15.1 Å². The number of amides is 1. The fourth-order valence-electron chi connectivity index (χ4n) is 3.68. The highest BCUT2D eigenvalue weighted by molar-refractivity contribution is 14.0. The number of aliphatic imine (C=N–C) groups is 1. The Labute approximate surface area is 211 Å². The van der Waals surface area contributed by atoms with E-state index in [0.29, 0.717) is 45.1 Å². The van der Waals surface area contributed by atoms with Crippen LogP contribution in [0.15, 0.2) is 82.4 Å². The van der Waals surface area contributed by atoms with Crippen LogP contribution in [0.1, 0.15) is 21.7 Å². The number of ether oxygens (including phenoxy) is 1. The van der Waals surface area contributed by atoms with Gasteiger partial charge in [-0.1, -0.05) is 42.5 Å². The molecule has 1 aromatic heterocycles. The smallest absolute Gasteiger partial charge is 0.289 e. The minimum Gasteiger partial charge on any atom is -0.489 e. The lowest BCUT2D eigenvalue weighted by Gasteiger charge is -2.36. The lowest BCUT2D eigenvalue weighted by molar-refractivity contribution is 0.0657. The highest BCUT2D eigenvalue weighted by atomic mass is 127. The van der Waals surface area contributed by atoms with Crippen molar-refractivity contribution in [3.8, 4) is 5.75 Å². The normalized spacial score (nSPS) is 13.9. The third-order valence-corrected chi connectivity index (χ3v) is 5.41. The van der Waals surface area contributed by atoms with E-state index < -0.39 is 0 Å². The van der Waals surface area contributed by atoms with Gasteiger partial charge >= 0.3 is 0 Å². The van der Waals surface area contributed by atoms with Gasteiger partial charge in [-0.3, -0.25) is 9.79 Å². The third-order valence-electron chi connectivity index (χ3n) is 5.41. The average Bonchev–Trinajstić information content (AvgIpc) is 3.39. The van der Waals surface area contributed by atoms with Gasteiger partial charge in [-0.25, -0.2) is 0 Å². The molecule has 0 atom stereocenters. The van der Waals surface area contributed by atoms with Gasteiger partial charge in [-0.2, -0.15) is 0 Å². The Morgan fingerprint density at radius 1 is 0.970 bits per heavy atom. The number of benzene rings is 2. The van der Waals surface area contributed by atoms with Crippen molar-refractivity contribution >= 4 is 35.8 Å². The Kier molecular flexibility index (Phi) is 9.17. The third kappa shape index (κ3) is 6.74. The summed E-state index contributed by atoms with van der Waals surface area (Å²) < 4.78 is 11.2. The van der Waals surface area contributed by atoms with Gasteiger partial charge in [-0.05, 0) is 35.4 Å². The highest BCUT2D eigenvalue weighted by Gasteiger charge is 2.25. The number of carbonyl (C=O) groups is 1. The van der Waals surface area contributed by atoms with Gasteiger partial charge < -0.3 is 24.3 Å². The molecule has 0 aliphatic carbocycles. The fraction of sp³-hybridized carbons (Fsp3) is 0.280. The van der Waals surface area contributed by atoms with Crippen LogP contribution in [0, 0.1) is 0 Å². The van der Waals surface area contributed by atoms with Crippen LogP contribution in [-0.2, 0) is 13.2 Å². The van der Waals surface area contributed by atoms with Gasteiger partial charge in [0, 0.05) is 39.8 Å². The first-order chi connectivity index (χ1) is 15.7. The number of hydrogen-bond acceptors (Lipinski definition) is 4. The van der Waals surface area contributed by atoms with Crippen LogP contribution in [0.5, 0.6) is 5.75 Å². The molecule has 1 fully saturated rings. The number of rotatable bonds is 6. The van der Waals surface area contributed by atoms with Crippen molar-refractivity contribution in [1.29, 1.82) is 0 Å². The summed E-state index contributed by atoms with van der Waals surface area (Å²) in [5.41, 5.74) is 2.25. The Morgan fingerprint density at radius 2 is 1.70 bits per heavy atom. The summed E-state index contributed by atoms with van der Waals surface area (Å²) in [4.78, 5) is 20.9. The fourth-order valence-corrected chi connectivity index (χ4v) is 3.68. The maximum Gasteiger partial charge on any atom is 0.289 e. The van der Waals surface area contributed by atoms with Crippen molar-refractivity contribution in [3.63, 3.8) is 0 Å². The van der Waals surface area contributed by atoms with Gasteiger partial charge in [0.2, 0.25) is 0 Å². The van der Waals surface area contributed by atoms with Gasteiger partial charge in [0.25, 0.3) is 5.91 Å². The van der Waals surface area contributed by atoms with E-state index in [4.69, 9.17) is 9.15 Å². The second-order valence-corrected chi connectivity index (χ2v) is 7.58. The van der Waals surface area contributed by atoms with Crippen molar-refractivity contribution in [3.05, 3.63) is 89.9 Å². The number of piperazine rings is 1. The first-order valence-corrected chi connectivity index (χ1v) is 10.8. The van der Waals surface area contributed by atoms with Crippen LogP contribution in [-0.4, -0.2) is 54.9 Å². The predicted octanol–water partition coefficient (Wildman–Crippen LogP) is 4.01. The molecule has 174 valence electrons. The number of nitrogens with zero attached hydrogens (tertiary/aromatic N) is 3. The van der Waals surface area contributed by atoms with Crippen LogP contribution >= 0.6 is 24.0 Å². The number of furan rings is 1. The maximum atomic E-state index is 12.4. The molecule has 8 heteroatoms. The quantitative estimate of drug-likeness (QED) is 0.281. The van der Waals surface area contributed by atoms with Crippen molar-refractivity contribution in [2.24, 2.45) is 4.99 Å². The molecule has 4 rings (SSSR count). The molecule has 1 aliphatic rings. The molecule has 1 N–H and O–H groups in total. The first kappa shape index (κ1) is 24.6. The maximum absolute atomic E-state index is 12.4. The second kappa shape index (κ2) is 12.3. The molecule has 0 unspecified atom stereocenters. The van der Waals surface area contributed by atoms with Crippen LogP contribution in [0.4, 0.5) is 0 Å². The second-order valence-electron chi connectivity index (χ2n) is 7.58. The van der Waals surface area contributed by atoms with Gasteiger partial charge in [-0.15, -0.1) is 24.0 Å². The van der Waals surface area contributed by atoms with Gasteiger partial charge in [0.05, 0.1) is 6.26 Å². The number of halogens is 1. The number of nitrogens with one attached hydrogen (secondary N) is 1. The lowest BCUT2D eigenvalue weighted by atomic mass is 10.2. The van der Waals surface area contributed by atoms with E-state index in [1.54, 1.807) is 19.2 Å². The highest BCUT2D eigenvalue weighted by Crippen LogP contribution is 2.16. The van der Waals surface area contributed by atoms with Crippen LogP contribution in [0.3, 0.4) is 0 Å². The lowest BCUT2D eigenvalue weighted by Crippen LogP contribution is -2.53. The van der Waals surface area contributed by atoms with E-state index in [9.17, 15) is 4.79 Å². The summed E-state index contributed by atoms with van der Waals surface area (Å²) in [6.07, 6.45) is 1.52. The molecule has 7 nitrogen and oxygen atoms in total. The van der Waals surface area contributed by atoms with Crippen molar-refractivity contribution < 1.29 is 13.9 Å². The SMILES string of the molecule is CN=C(NCc1cccc(OCc2ccccc2)c1)N1CCN(C(=O)c2ccco2)CC1.I. The molecule has 0 radical (unpaired) electrons. The summed E-state index contributed by atoms with van der Waals surface area (Å²) in [7, 11) is 1.78. The zero-order valence-electron chi connectivity index (χ0n) is 18.6. The van der Waals surface area contributed by atoms with Crippen LogP contribution < -0.4 is 10.1 Å². The molecular weight excluding hydrogens is 531 g/mol. The summed E-state index contributed by atoms with van der Waals surface area (Å²) in [6.45, 7) is 3.87. The Balaban J connectivity index is 0.00000306. The predicted molar refractivity (Wildman–Crippen MR) is 139 cm³/mol. The molecule has 33 heavy (non-hydrogen) atoms.